The van der Waals surface area contributed by atoms with Gasteiger partial charge in [-0.2, -0.15) is 0 Å². The Labute approximate surface area is 152 Å². The first-order valence-corrected chi connectivity index (χ1v) is 8.60. The number of fused-ring (bicyclic) bond motifs is 1. The number of amides is 1. The molecule has 2 aromatic rings. The molecular weight excluding hydrogens is 331 g/mol. The first-order chi connectivity index (χ1) is 12.1. The second kappa shape index (κ2) is 5.39. The molecule has 1 aromatic carbocycles. The van der Waals surface area contributed by atoms with Crippen LogP contribution in [0.5, 0.6) is 0 Å². The topological polar surface area (TPSA) is 80.7 Å². The van der Waals surface area contributed by atoms with Gasteiger partial charge in [-0.3, -0.25) is 9.78 Å². The lowest BCUT2D eigenvalue weighted by Gasteiger charge is -2.32. The Morgan fingerprint density at radius 1 is 1.08 bits per heavy atom. The van der Waals surface area contributed by atoms with E-state index in [1.165, 1.54) is 0 Å². The number of aromatic nitrogens is 1. The summed E-state index contributed by atoms with van der Waals surface area (Å²) in [5.74, 6) is -0.516. The molecule has 2 aliphatic rings. The van der Waals surface area contributed by atoms with Crippen molar-refractivity contribution in [3.8, 4) is 0 Å². The zero-order chi connectivity index (χ0) is 18.7. The maximum atomic E-state index is 12.5. The summed E-state index contributed by atoms with van der Waals surface area (Å²) in [5.41, 5.74) is -0.785. The van der Waals surface area contributed by atoms with Gasteiger partial charge in [-0.1, -0.05) is 24.3 Å². The van der Waals surface area contributed by atoms with Gasteiger partial charge >= 0.3 is 7.12 Å². The molecule has 26 heavy (non-hydrogen) atoms. The number of nitrogens with one attached hydrogen (secondary N) is 1. The molecule has 1 amide bonds. The van der Waals surface area contributed by atoms with Gasteiger partial charge in [-0.05, 0) is 50.9 Å². The molecule has 0 spiro atoms. The summed E-state index contributed by atoms with van der Waals surface area (Å²) in [6, 6.07) is 10.5. The smallest absolute Gasteiger partial charge is 0.399 e. The summed E-state index contributed by atoms with van der Waals surface area (Å²) in [4.78, 5) is 16.7. The second-order valence-corrected chi connectivity index (χ2v) is 7.78. The number of carbonyl (C=O) groups excluding carboxylic acids is 1. The third-order valence-electron chi connectivity index (χ3n) is 5.56. The fourth-order valence-electron chi connectivity index (χ4n) is 3.27. The van der Waals surface area contributed by atoms with Gasteiger partial charge in [-0.25, -0.2) is 0 Å². The molecule has 1 saturated heterocycles. The van der Waals surface area contributed by atoms with E-state index in [4.69, 9.17) is 9.31 Å². The third kappa shape index (κ3) is 2.31. The van der Waals surface area contributed by atoms with E-state index < -0.39 is 29.8 Å². The molecule has 1 fully saturated rings. The maximum Gasteiger partial charge on any atom is 0.494 e. The van der Waals surface area contributed by atoms with E-state index >= 15 is 0 Å². The van der Waals surface area contributed by atoms with Crippen molar-refractivity contribution < 1.29 is 19.2 Å². The Hall–Kier alpha value is -2.22. The minimum absolute atomic E-state index is 0.302. The van der Waals surface area contributed by atoms with Crippen molar-refractivity contribution in [2.24, 2.45) is 0 Å². The number of aliphatic hydroxyl groups is 1. The van der Waals surface area contributed by atoms with Crippen LogP contribution in [-0.2, 0) is 19.7 Å². The van der Waals surface area contributed by atoms with Gasteiger partial charge in [-0.15, -0.1) is 0 Å². The van der Waals surface area contributed by atoms with Crippen LogP contribution >= 0.6 is 0 Å². The van der Waals surface area contributed by atoms with E-state index in [9.17, 15) is 9.90 Å². The number of benzene rings is 1. The molecule has 1 aromatic heterocycles. The summed E-state index contributed by atoms with van der Waals surface area (Å²) < 4.78 is 12.2. The highest BCUT2D eigenvalue weighted by Crippen LogP contribution is 2.40. The molecule has 0 radical (unpaired) electrons. The quantitative estimate of drug-likeness (QED) is 0.802. The van der Waals surface area contributed by atoms with Crippen LogP contribution < -0.4 is 10.8 Å². The average Bonchev–Trinajstić information content (AvgIpc) is 2.98. The SMILES string of the molecule is CC1(C)OB(c2cccc(C3(O)C(=O)Nc4cccnc43)c2)OC1(C)C. The number of nitrogens with zero attached hydrogens (tertiary/aromatic N) is 1. The van der Waals surface area contributed by atoms with Gasteiger partial charge in [0.1, 0.15) is 5.69 Å². The van der Waals surface area contributed by atoms with Crippen LogP contribution in [0.4, 0.5) is 5.69 Å². The van der Waals surface area contributed by atoms with E-state index in [0.29, 0.717) is 16.9 Å². The molecule has 3 heterocycles. The van der Waals surface area contributed by atoms with Crippen LogP contribution in [0.25, 0.3) is 0 Å². The Bertz CT molecular complexity index is 883. The zero-order valence-electron chi connectivity index (χ0n) is 15.2. The first-order valence-electron chi connectivity index (χ1n) is 8.60. The molecular formula is C19H21BN2O4. The fourth-order valence-corrected chi connectivity index (χ4v) is 3.27. The fraction of sp³-hybridized carbons (Fsp3) is 0.368. The predicted molar refractivity (Wildman–Crippen MR) is 98.0 cm³/mol. The van der Waals surface area contributed by atoms with Crippen LogP contribution in [0.3, 0.4) is 0 Å². The van der Waals surface area contributed by atoms with E-state index in [0.717, 1.165) is 5.46 Å². The number of hydrogen-bond donors (Lipinski definition) is 2. The normalized spacial score (nSPS) is 25.9. The number of rotatable bonds is 2. The van der Waals surface area contributed by atoms with Crippen molar-refractivity contribution in [1.29, 1.82) is 0 Å². The van der Waals surface area contributed by atoms with Gasteiger partial charge in [0.25, 0.3) is 5.91 Å². The summed E-state index contributed by atoms with van der Waals surface area (Å²) in [6.45, 7) is 7.92. The monoisotopic (exact) mass is 352 g/mol. The number of carbonyl (C=O) groups is 1. The Kier molecular flexibility index (Phi) is 3.57. The van der Waals surface area contributed by atoms with Crippen molar-refractivity contribution in [3.05, 3.63) is 53.9 Å². The highest BCUT2D eigenvalue weighted by molar-refractivity contribution is 6.62. The van der Waals surface area contributed by atoms with Crippen molar-refractivity contribution in [2.45, 2.75) is 44.5 Å². The second-order valence-electron chi connectivity index (χ2n) is 7.78. The van der Waals surface area contributed by atoms with Gasteiger partial charge in [0.05, 0.1) is 16.9 Å². The average molecular weight is 352 g/mol. The molecule has 2 N–H and O–H groups in total. The molecule has 1 unspecified atom stereocenters. The summed E-state index contributed by atoms with van der Waals surface area (Å²) in [6.07, 6.45) is 1.56. The zero-order valence-corrected chi connectivity index (χ0v) is 15.2. The minimum Gasteiger partial charge on any atom is -0.399 e. The molecule has 4 rings (SSSR count). The van der Waals surface area contributed by atoms with Gasteiger partial charge in [0.2, 0.25) is 5.60 Å². The summed E-state index contributed by atoms with van der Waals surface area (Å²) in [7, 11) is -0.573. The molecule has 0 saturated carbocycles. The molecule has 134 valence electrons. The van der Waals surface area contributed by atoms with Crippen LogP contribution in [-0.4, -0.2) is 34.3 Å². The van der Waals surface area contributed by atoms with E-state index in [-0.39, 0.29) is 0 Å². The number of anilines is 1. The van der Waals surface area contributed by atoms with Crippen LogP contribution in [0, 0.1) is 0 Å². The van der Waals surface area contributed by atoms with Gasteiger partial charge < -0.3 is 19.7 Å². The van der Waals surface area contributed by atoms with Crippen molar-refractivity contribution in [1.82, 2.24) is 4.98 Å². The van der Waals surface area contributed by atoms with Crippen molar-refractivity contribution in [3.63, 3.8) is 0 Å². The Morgan fingerprint density at radius 3 is 2.46 bits per heavy atom. The Balaban J connectivity index is 1.75. The standard InChI is InChI=1S/C19H21BN2O4/c1-17(2)18(3,4)26-20(25-17)13-8-5-7-12(11-13)19(24)15-14(22-16(19)23)9-6-10-21-15/h5-11,24H,1-4H3,(H,22,23). The van der Waals surface area contributed by atoms with Gasteiger partial charge in [0, 0.05) is 6.20 Å². The molecule has 2 aliphatic heterocycles. The van der Waals surface area contributed by atoms with Crippen LogP contribution in [0.2, 0.25) is 0 Å². The van der Waals surface area contributed by atoms with Crippen molar-refractivity contribution >= 4 is 24.2 Å². The van der Waals surface area contributed by atoms with E-state index in [1.54, 1.807) is 36.5 Å². The molecule has 6 nitrogen and oxygen atoms in total. The van der Waals surface area contributed by atoms with Crippen molar-refractivity contribution in [2.75, 3.05) is 5.32 Å². The highest BCUT2D eigenvalue weighted by atomic mass is 16.7. The van der Waals surface area contributed by atoms with E-state index in [2.05, 4.69) is 10.3 Å². The lowest BCUT2D eigenvalue weighted by atomic mass is 9.76. The molecule has 7 heteroatoms. The maximum absolute atomic E-state index is 12.5. The first kappa shape index (κ1) is 17.2. The van der Waals surface area contributed by atoms with E-state index in [1.807, 2.05) is 33.8 Å². The number of pyridine rings is 1. The van der Waals surface area contributed by atoms with Crippen LogP contribution in [0.15, 0.2) is 42.6 Å². The number of hydrogen-bond acceptors (Lipinski definition) is 5. The van der Waals surface area contributed by atoms with Gasteiger partial charge in [0.15, 0.2) is 0 Å². The lowest BCUT2D eigenvalue weighted by Crippen LogP contribution is -2.41. The minimum atomic E-state index is -1.84. The molecule has 1 atom stereocenters. The summed E-state index contributed by atoms with van der Waals surface area (Å²) in [5, 5.41) is 13.9. The Morgan fingerprint density at radius 2 is 1.77 bits per heavy atom. The summed E-state index contributed by atoms with van der Waals surface area (Å²) >= 11 is 0. The predicted octanol–water partition coefficient (Wildman–Crippen LogP) is 1.57. The van der Waals surface area contributed by atoms with Crippen LogP contribution in [0.1, 0.15) is 39.0 Å². The highest BCUT2D eigenvalue weighted by Gasteiger charge is 2.53. The lowest BCUT2D eigenvalue weighted by molar-refractivity contribution is -0.129. The largest absolute Gasteiger partial charge is 0.494 e. The molecule has 0 aliphatic carbocycles. The molecule has 0 bridgehead atoms. The third-order valence-corrected chi connectivity index (χ3v) is 5.56.